The van der Waals surface area contributed by atoms with E-state index in [0.717, 1.165) is 17.0 Å². The van der Waals surface area contributed by atoms with E-state index in [-0.39, 0.29) is 22.0 Å². The van der Waals surface area contributed by atoms with Crippen LogP contribution in [-0.4, -0.2) is 24.9 Å². The van der Waals surface area contributed by atoms with Gasteiger partial charge < -0.3 is 14.8 Å². The summed E-state index contributed by atoms with van der Waals surface area (Å²) in [5.74, 6) is -1.61. The van der Waals surface area contributed by atoms with Gasteiger partial charge in [0.15, 0.2) is 0 Å². The number of ether oxygens (including phenoxy) is 2. The molecule has 7 nitrogen and oxygen atoms in total. The van der Waals surface area contributed by atoms with Crippen molar-refractivity contribution < 1.29 is 28.2 Å². The molecule has 0 fully saturated rings. The summed E-state index contributed by atoms with van der Waals surface area (Å²) in [6.45, 7) is 0. The van der Waals surface area contributed by atoms with Crippen LogP contribution >= 0.6 is 11.6 Å². The number of anilines is 2. The van der Waals surface area contributed by atoms with Gasteiger partial charge >= 0.3 is 5.97 Å². The average Bonchev–Trinajstić information content (AvgIpc) is 3.03. The minimum atomic E-state index is -0.728. The van der Waals surface area contributed by atoms with E-state index in [1.165, 1.54) is 43.5 Å². The predicted molar refractivity (Wildman–Crippen MR) is 120 cm³/mol. The molecule has 166 valence electrons. The van der Waals surface area contributed by atoms with Crippen LogP contribution in [0.25, 0.3) is 0 Å². The summed E-state index contributed by atoms with van der Waals surface area (Å²) in [5, 5.41) is 2.51. The molecule has 4 rings (SSSR count). The predicted octanol–water partition coefficient (Wildman–Crippen LogP) is 4.49. The van der Waals surface area contributed by atoms with Gasteiger partial charge in [-0.25, -0.2) is 14.1 Å². The second kappa shape index (κ2) is 9.13. The number of nitrogens with one attached hydrogen (secondary N) is 1. The zero-order chi connectivity index (χ0) is 23.5. The zero-order valence-corrected chi connectivity index (χ0v) is 17.9. The van der Waals surface area contributed by atoms with Crippen LogP contribution in [0, 0.1) is 5.82 Å². The molecule has 9 heteroatoms. The van der Waals surface area contributed by atoms with Gasteiger partial charge in [0.05, 0.1) is 18.4 Å². The number of esters is 1. The maximum absolute atomic E-state index is 13.2. The molecular formula is C24H16ClFN2O5. The monoisotopic (exact) mass is 466 g/mol. The lowest BCUT2D eigenvalue weighted by atomic mass is 10.2. The Balaban J connectivity index is 1.47. The van der Waals surface area contributed by atoms with E-state index in [2.05, 4.69) is 5.32 Å². The third kappa shape index (κ3) is 4.56. The van der Waals surface area contributed by atoms with Crippen LogP contribution in [0.2, 0.25) is 0 Å². The highest BCUT2D eigenvalue weighted by atomic mass is 35.5. The van der Waals surface area contributed by atoms with E-state index in [0.29, 0.717) is 17.2 Å². The lowest BCUT2D eigenvalue weighted by molar-refractivity contribution is -0.120. The number of imide groups is 1. The smallest absolute Gasteiger partial charge is 0.343 e. The highest BCUT2D eigenvalue weighted by Gasteiger charge is 2.38. The molecule has 0 spiro atoms. The van der Waals surface area contributed by atoms with Crippen molar-refractivity contribution in [2.75, 3.05) is 17.3 Å². The first kappa shape index (κ1) is 22.0. The number of rotatable bonds is 6. The number of carbonyl (C=O) groups is 3. The van der Waals surface area contributed by atoms with Gasteiger partial charge in [-0.2, -0.15) is 0 Å². The third-order valence-corrected chi connectivity index (χ3v) is 5.10. The molecule has 3 aromatic rings. The molecule has 0 saturated carbocycles. The fourth-order valence-electron chi connectivity index (χ4n) is 3.10. The van der Waals surface area contributed by atoms with Crippen molar-refractivity contribution in [2.24, 2.45) is 0 Å². The molecule has 0 saturated heterocycles. The number of hydrogen-bond acceptors (Lipinski definition) is 6. The number of nitrogens with zero attached hydrogens (tertiary/aromatic N) is 1. The number of halogens is 2. The Hall–Kier alpha value is -4.17. The minimum absolute atomic E-state index is 0.127. The van der Waals surface area contributed by atoms with E-state index in [1.807, 2.05) is 0 Å². The summed E-state index contributed by atoms with van der Waals surface area (Å²) in [6, 6.07) is 17.6. The number of amides is 2. The third-order valence-electron chi connectivity index (χ3n) is 4.75. The van der Waals surface area contributed by atoms with Gasteiger partial charge in [-0.3, -0.25) is 9.59 Å². The Morgan fingerprint density at radius 1 is 0.939 bits per heavy atom. The molecule has 3 aromatic carbocycles. The molecule has 0 aliphatic carbocycles. The van der Waals surface area contributed by atoms with Crippen molar-refractivity contribution in [2.45, 2.75) is 0 Å². The highest BCUT2D eigenvalue weighted by Crippen LogP contribution is 2.30. The van der Waals surface area contributed by atoms with Gasteiger partial charge in [-0.1, -0.05) is 17.7 Å². The molecule has 1 aliphatic heterocycles. The van der Waals surface area contributed by atoms with Crippen molar-refractivity contribution in [1.29, 1.82) is 0 Å². The maximum atomic E-state index is 13.2. The van der Waals surface area contributed by atoms with Crippen molar-refractivity contribution in [3.63, 3.8) is 0 Å². The molecular weight excluding hydrogens is 451 g/mol. The Bertz CT molecular complexity index is 1270. The quantitative estimate of drug-likeness (QED) is 0.327. The summed E-state index contributed by atoms with van der Waals surface area (Å²) in [5.41, 5.74) is 0.753. The Kier molecular flexibility index (Phi) is 6.10. The highest BCUT2D eigenvalue weighted by molar-refractivity contribution is 6.53. The van der Waals surface area contributed by atoms with Crippen LogP contribution < -0.4 is 19.7 Å². The van der Waals surface area contributed by atoms with Gasteiger partial charge in [-0.15, -0.1) is 0 Å². The number of methoxy groups -OCH3 is 1. The molecule has 1 N–H and O–H groups in total. The molecule has 0 radical (unpaired) electrons. The normalized spacial score (nSPS) is 13.4. The first-order chi connectivity index (χ1) is 15.9. The van der Waals surface area contributed by atoms with E-state index >= 15 is 0 Å². The molecule has 1 heterocycles. The van der Waals surface area contributed by atoms with Crippen LogP contribution in [0.15, 0.2) is 83.5 Å². The summed E-state index contributed by atoms with van der Waals surface area (Å²) in [6.07, 6.45) is 0. The fraction of sp³-hybridized carbons (Fsp3) is 0.0417. The van der Waals surface area contributed by atoms with E-state index in [9.17, 15) is 18.8 Å². The maximum Gasteiger partial charge on any atom is 0.343 e. The van der Waals surface area contributed by atoms with Gasteiger partial charge in [0.1, 0.15) is 28.0 Å². The molecule has 33 heavy (non-hydrogen) atoms. The zero-order valence-electron chi connectivity index (χ0n) is 17.2. The SMILES string of the molecule is COc1cccc(OC(=O)c2ccc(NC3=C(Cl)C(=O)N(c4ccc(F)cc4)C3=O)cc2)c1. The molecule has 1 aliphatic rings. The minimum Gasteiger partial charge on any atom is -0.497 e. The number of hydrogen-bond donors (Lipinski definition) is 1. The largest absolute Gasteiger partial charge is 0.497 e. The number of benzene rings is 3. The van der Waals surface area contributed by atoms with E-state index < -0.39 is 23.6 Å². The molecule has 2 amide bonds. The molecule has 0 bridgehead atoms. The van der Waals surface area contributed by atoms with Gasteiger partial charge in [-0.05, 0) is 60.7 Å². The second-order valence-corrected chi connectivity index (χ2v) is 7.26. The van der Waals surface area contributed by atoms with Crippen molar-refractivity contribution >= 4 is 40.8 Å². The van der Waals surface area contributed by atoms with Gasteiger partial charge in [0, 0.05) is 11.8 Å². The van der Waals surface area contributed by atoms with Crippen LogP contribution in [-0.2, 0) is 9.59 Å². The summed E-state index contributed by atoms with van der Waals surface area (Å²) in [7, 11) is 1.51. The van der Waals surface area contributed by atoms with Crippen molar-refractivity contribution in [1.82, 2.24) is 0 Å². The standard InChI is InChI=1S/C24H16ClFN2O5/c1-32-18-3-2-4-19(13-18)33-24(31)14-5-9-16(10-6-14)27-21-20(25)22(29)28(23(21)30)17-11-7-15(26)8-12-17/h2-13,27H,1H3. The average molecular weight is 467 g/mol. The summed E-state index contributed by atoms with van der Waals surface area (Å²) in [4.78, 5) is 38.5. The lowest BCUT2D eigenvalue weighted by Gasteiger charge is -2.15. The Labute approximate surface area is 193 Å². The topological polar surface area (TPSA) is 84.9 Å². The van der Waals surface area contributed by atoms with Crippen molar-refractivity contribution in [3.05, 3.63) is 94.9 Å². The molecule has 0 aromatic heterocycles. The Morgan fingerprint density at radius 3 is 2.27 bits per heavy atom. The number of carbonyl (C=O) groups excluding carboxylic acids is 3. The molecule has 0 atom stereocenters. The van der Waals surface area contributed by atoms with Crippen molar-refractivity contribution in [3.8, 4) is 11.5 Å². The first-order valence-corrected chi connectivity index (χ1v) is 10.0. The summed E-state index contributed by atoms with van der Waals surface area (Å²) >= 11 is 6.09. The lowest BCUT2D eigenvalue weighted by Crippen LogP contribution is -2.32. The second-order valence-electron chi connectivity index (χ2n) is 6.88. The van der Waals surface area contributed by atoms with Crippen LogP contribution in [0.5, 0.6) is 11.5 Å². The van der Waals surface area contributed by atoms with Gasteiger partial charge in [0.25, 0.3) is 11.8 Å². The fourth-order valence-corrected chi connectivity index (χ4v) is 3.31. The van der Waals surface area contributed by atoms with Crippen LogP contribution in [0.1, 0.15) is 10.4 Å². The molecule has 0 unspecified atom stereocenters. The summed E-state index contributed by atoms with van der Waals surface area (Å²) < 4.78 is 23.6. The van der Waals surface area contributed by atoms with Crippen LogP contribution in [0.4, 0.5) is 15.8 Å². The Morgan fingerprint density at radius 2 is 1.61 bits per heavy atom. The van der Waals surface area contributed by atoms with Crippen LogP contribution in [0.3, 0.4) is 0 Å². The first-order valence-electron chi connectivity index (χ1n) is 9.65. The van der Waals surface area contributed by atoms with Gasteiger partial charge in [0.2, 0.25) is 0 Å². The van der Waals surface area contributed by atoms with E-state index in [1.54, 1.807) is 24.3 Å². The van der Waals surface area contributed by atoms with E-state index in [4.69, 9.17) is 21.1 Å².